The van der Waals surface area contributed by atoms with Crippen molar-refractivity contribution in [2.45, 2.75) is 18.4 Å². The van der Waals surface area contributed by atoms with Gasteiger partial charge in [-0.3, -0.25) is 19.7 Å². The Bertz CT molecular complexity index is 1260. The van der Waals surface area contributed by atoms with Crippen molar-refractivity contribution >= 4 is 29.3 Å². The van der Waals surface area contributed by atoms with Crippen LogP contribution in [0.4, 0.5) is 16.2 Å². The highest BCUT2D eigenvalue weighted by atomic mass is 16.6. The number of ether oxygens (including phenoxy) is 1. The molecule has 0 aliphatic heterocycles. The smallest absolute Gasteiger partial charge is 0.407 e. The highest BCUT2D eigenvalue weighted by Gasteiger charge is 2.30. The maximum Gasteiger partial charge on any atom is 0.407 e. The Morgan fingerprint density at radius 2 is 1.60 bits per heavy atom. The molecule has 0 saturated heterocycles. The van der Waals surface area contributed by atoms with E-state index in [0.29, 0.717) is 0 Å². The van der Waals surface area contributed by atoms with Crippen molar-refractivity contribution in [3.8, 4) is 11.1 Å². The van der Waals surface area contributed by atoms with Crippen LogP contribution in [-0.2, 0) is 14.3 Å². The first-order valence-electron chi connectivity index (χ1n) is 10.7. The summed E-state index contributed by atoms with van der Waals surface area (Å²) in [6.45, 7) is -0.00779. The molecule has 0 spiro atoms. The number of anilines is 1. The van der Waals surface area contributed by atoms with Crippen LogP contribution in [0.15, 0.2) is 72.8 Å². The van der Waals surface area contributed by atoms with E-state index in [1.54, 1.807) is 0 Å². The van der Waals surface area contributed by atoms with Crippen molar-refractivity contribution in [2.75, 3.05) is 11.9 Å². The highest BCUT2D eigenvalue weighted by molar-refractivity contribution is 5.98. The van der Waals surface area contributed by atoms with Gasteiger partial charge in [-0.05, 0) is 28.3 Å². The number of nitro groups is 1. The summed E-state index contributed by atoms with van der Waals surface area (Å²) in [7, 11) is 0. The Morgan fingerprint density at radius 3 is 2.20 bits per heavy atom. The third-order valence-corrected chi connectivity index (χ3v) is 5.66. The van der Waals surface area contributed by atoms with Gasteiger partial charge in [0.15, 0.2) is 0 Å². The molecule has 4 rings (SSSR count). The molecule has 0 saturated carbocycles. The van der Waals surface area contributed by atoms with Crippen LogP contribution in [0.3, 0.4) is 0 Å². The van der Waals surface area contributed by atoms with E-state index in [9.17, 15) is 29.6 Å². The molecule has 3 aromatic carbocycles. The van der Waals surface area contributed by atoms with E-state index in [1.165, 1.54) is 18.2 Å². The summed E-state index contributed by atoms with van der Waals surface area (Å²) in [6, 6.07) is 19.3. The number of nitrogens with zero attached hydrogens (tertiary/aromatic N) is 1. The second kappa shape index (κ2) is 10.0. The minimum atomic E-state index is -1.46. The molecule has 0 aromatic heterocycles. The minimum Gasteiger partial charge on any atom is -0.481 e. The molecule has 3 aromatic rings. The number of carboxylic acid groups (broad SMARTS) is 1. The van der Waals surface area contributed by atoms with Crippen molar-refractivity contribution < 1.29 is 29.2 Å². The predicted molar refractivity (Wildman–Crippen MR) is 126 cm³/mol. The Hall–Kier alpha value is -4.73. The monoisotopic (exact) mass is 475 g/mol. The zero-order valence-electron chi connectivity index (χ0n) is 18.3. The van der Waals surface area contributed by atoms with Crippen LogP contribution in [0.1, 0.15) is 23.5 Å². The zero-order chi connectivity index (χ0) is 24.9. The fourth-order valence-electron chi connectivity index (χ4n) is 4.09. The number of nitrogens with one attached hydrogen (secondary N) is 2. The van der Waals surface area contributed by atoms with E-state index in [4.69, 9.17) is 4.74 Å². The summed E-state index contributed by atoms with van der Waals surface area (Å²) in [4.78, 5) is 46.7. The van der Waals surface area contributed by atoms with E-state index >= 15 is 0 Å². The summed E-state index contributed by atoms with van der Waals surface area (Å²) < 4.78 is 5.39. The number of rotatable bonds is 8. The number of carbonyl (C=O) groups excluding carboxylic acids is 2. The van der Waals surface area contributed by atoms with Gasteiger partial charge < -0.3 is 20.5 Å². The molecule has 178 valence electrons. The third-order valence-electron chi connectivity index (χ3n) is 5.66. The van der Waals surface area contributed by atoms with Crippen LogP contribution >= 0.6 is 0 Å². The molecule has 1 aliphatic carbocycles. The van der Waals surface area contributed by atoms with Crippen molar-refractivity contribution in [1.29, 1.82) is 0 Å². The summed E-state index contributed by atoms with van der Waals surface area (Å²) in [5.41, 5.74) is 3.96. The number of hydrogen-bond donors (Lipinski definition) is 3. The molecule has 1 unspecified atom stereocenters. The lowest BCUT2D eigenvalue weighted by Gasteiger charge is -2.18. The lowest BCUT2D eigenvalue weighted by Crippen LogP contribution is -2.45. The number of amides is 2. The normalized spacial score (nSPS) is 12.7. The Kier molecular flexibility index (Phi) is 6.72. The number of benzene rings is 3. The molecule has 1 aliphatic rings. The minimum absolute atomic E-state index is 0.00779. The van der Waals surface area contributed by atoms with Crippen LogP contribution < -0.4 is 10.6 Å². The van der Waals surface area contributed by atoms with Gasteiger partial charge in [-0.15, -0.1) is 0 Å². The van der Waals surface area contributed by atoms with Gasteiger partial charge in [0.25, 0.3) is 5.69 Å². The molecule has 10 heteroatoms. The standard InChI is InChI=1S/C25H21N3O7/c29-23(30)13-22(24(31)26-15-6-5-7-16(12-15)28(33)34)27-25(32)35-14-21-19-10-3-1-8-17(19)18-9-2-4-11-20(18)21/h1-12,21-22H,13-14H2,(H,26,31)(H,27,32)(H,29,30). The van der Waals surface area contributed by atoms with E-state index in [0.717, 1.165) is 28.3 Å². The number of aliphatic carboxylic acids is 1. The Morgan fingerprint density at radius 1 is 0.971 bits per heavy atom. The number of carboxylic acids is 1. The van der Waals surface area contributed by atoms with E-state index in [1.807, 2.05) is 48.5 Å². The van der Waals surface area contributed by atoms with Gasteiger partial charge in [0.05, 0.1) is 11.3 Å². The van der Waals surface area contributed by atoms with Crippen molar-refractivity contribution in [3.05, 3.63) is 94.0 Å². The van der Waals surface area contributed by atoms with Crippen molar-refractivity contribution in [1.82, 2.24) is 5.32 Å². The van der Waals surface area contributed by atoms with E-state index < -0.39 is 35.4 Å². The van der Waals surface area contributed by atoms with Crippen LogP contribution in [0, 0.1) is 10.1 Å². The summed E-state index contributed by atoms with van der Waals surface area (Å²) >= 11 is 0. The topological polar surface area (TPSA) is 148 Å². The summed E-state index contributed by atoms with van der Waals surface area (Å²) in [6.07, 6.45) is -1.65. The number of alkyl carbamates (subject to hydrolysis) is 1. The van der Waals surface area contributed by atoms with Crippen molar-refractivity contribution in [2.24, 2.45) is 0 Å². The van der Waals surface area contributed by atoms with Crippen LogP contribution in [-0.4, -0.2) is 40.6 Å². The largest absolute Gasteiger partial charge is 0.481 e. The number of carbonyl (C=O) groups is 3. The molecule has 10 nitrogen and oxygen atoms in total. The Labute approximate surface area is 199 Å². The van der Waals surface area contributed by atoms with Gasteiger partial charge in [-0.25, -0.2) is 4.79 Å². The second-order valence-corrected chi connectivity index (χ2v) is 7.92. The van der Waals surface area contributed by atoms with Gasteiger partial charge in [0, 0.05) is 23.7 Å². The molecule has 0 heterocycles. The average molecular weight is 475 g/mol. The SMILES string of the molecule is O=C(O)CC(NC(=O)OCC1c2ccccc2-c2ccccc21)C(=O)Nc1cccc([N+](=O)[O-])c1. The lowest BCUT2D eigenvalue weighted by atomic mass is 9.98. The average Bonchev–Trinajstić information content (AvgIpc) is 3.16. The molecule has 0 bridgehead atoms. The van der Waals surface area contributed by atoms with Crippen molar-refractivity contribution in [3.63, 3.8) is 0 Å². The maximum absolute atomic E-state index is 12.6. The second-order valence-electron chi connectivity index (χ2n) is 7.92. The van der Waals surface area contributed by atoms with Gasteiger partial charge in [-0.2, -0.15) is 0 Å². The highest BCUT2D eigenvalue weighted by Crippen LogP contribution is 2.44. The maximum atomic E-state index is 12.6. The first-order valence-corrected chi connectivity index (χ1v) is 10.7. The van der Waals surface area contributed by atoms with Crippen LogP contribution in [0.5, 0.6) is 0 Å². The Balaban J connectivity index is 1.43. The fraction of sp³-hybridized carbons (Fsp3) is 0.160. The molecule has 35 heavy (non-hydrogen) atoms. The zero-order valence-corrected chi connectivity index (χ0v) is 18.3. The first-order chi connectivity index (χ1) is 16.8. The summed E-state index contributed by atoms with van der Waals surface area (Å²) in [5.74, 6) is -2.37. The third kappa shape index (κ3) is 5.27. The van der Waals surface area contributed by atoms with E-state index in [2.05, 4.69) is 10.6 Å². The number of hydrogen-bond acceptors (Lipinski definition) is 6. The predicted octanol–water partition coefficient (Wildman–Crippen LogP) is 3.92. The van der Waals surface area contributed by atoms with Gasteiger partial charge in [0.1, 0.15) is 12.6 Å². The first kappa shape index (κ1) is 23.4. The molecule has 0 fully saturated rings. The van der Waals surface area contributed by atoms with Crippen LogP contribution in [0.2, 0.25) is 0 Å². The van der Waals surface area contributed by atoms with Gasteiger partial charge >= 0.3 is 12.1 Å². The lowest BCUT2D eigenvalue weighted by molar-refractivity contribution is -0.384. The molecule has 0 radical (unpaired) electrons. The molecular weight excluding hydrogens is 454 g/mol. The number of fused-ring (bicyclic) bond motifs is 3. The quantitative estimate of drug-likeness (QED) is 0.330. The van der Waals surface area contributed by atoms with E-state index in [-0.39, 0.29) is 23.9 Å². The number of non-ortho nitro benzene ring substituents is 1. The number of nitro benzene ring substituents is 1. The van der Waals surface area contributed by atoms with Gasteiger partial charge in [-0.1, -0.05) is 54.6 Å². The molecule has 2 amide bonds. The molecular formula is C25H21N3O7. The molecule has 3 N–H and O–H groups in total. The van der Waals surface area contributed by atoms with Crippen LogP contribution in [0.25, 0.3) is 11.1 Å². The summed E-state index contributed by atoms with van der Waals surface area (Å²) in [5, 5.41) is 24.8. The van der Waals surface area contributed by atoms with Gasteiger partial charge in [0.2, 0.25) is 5.91 Å². The molecule has 1 atom stereocenters. The fourth-order valence-corrected chi connectivity index (χ4v) is 4.09.